The summed E-state index contributed by atoms with van der Waals surface area (Å²) in [5.41, 5.74) is 1.04. The molecule has 0 saturated carbocycles. The van der Waals surface area contributed by atoms with Crippen molar-refractivity contribution in [1.82, 2.24) is 10.1 Å². The molecule has 6 nitrogen and oxygen atoms in total. The van der Waals surface area contributed by atoms with Gasteiger partial charge in [0.2, 0.25) is 11.7 Å². The number of nitrogens with zero attached hydrogens (tertiary/aromatic N) is 2. The lowest BCUT2D eigenvalue weighted by Gasteiger charge is -2.08. The summed E-state index contributed by atoms with van der Waals surface area (Å²) in [5, 5.41) is 12.9. The fraction of sp³-hybridized carbons (Fsp3) is 0.400. The Morgan fingerprint density at radius 2 is 2.19 bits per heavy atom. The van der Waals surface area contributed by atoms with E-state index in [9.17, 15) is 4.79 Å². The van der Waals surface area contributed by atoms with Gasteiger partial charge >= 0.3 is 5.97 Å². The quantitative estimate of drug-likeness (QED) is 0.880. The molecule has 0 unspecified atom stereocenters. The summed E-state index contributed by atoms with van der Waals surface area (Å²) in [4.78, 5) is 15.4. The number of benzene rings is 1. The monoisotopic (exact) mass is 290 g/mol. The number of rotatable bonds is 6. The van der Waals surface area contributed by atoms with Crippen LogP contribution in [0.3, 0.4) is 0 Å². The Balaban J connectivity index is 2.07. The molecule has 0 aliphatic carbocycles. The van der Waals surface area contributed by atoms with Crippen molar-refractivity contribution < 1.29 is 19.2 Å². The van der Waals surface area contributed by atoms with Crippen molar-refractivity contribution in [3.63, 3.8) is 0 Å². The van der Waals surface area contributed by atoms with Crippen LogP contribution in [-0.2, 0) is 13.0 Å². The van der Waals surface area contributed by atoms with Crippen molar-refractivity contribution in [2.45, 2.75) is 33.8 Å². The Labute approximate surface area is 122 Å². The van der Waals surface area contributed by atoms with Crippen molar-refractivity contribution >= 4 is 5.97 Å². The molecule has 1 N–H and O–H groups in total. The van der Waals surface area contributed by atoms with Crippen molar-refractivity contribution in [2.75, 3.05) is 0 Å². The molecule has 0 saturated heterocycles. The molecule has 1 aromatic heterocycles. The first kappa shape index (κ1) is 15.0. The van der Waals surface area contributed by atoms with Gasteiger partial charge in [0.15, 0.2) is 6.61 Å². The van der Waals surface area contributed by atoms with Gasteiger partial charge in [-0.2, -0.15) is 4.98 Å². The number of carboxylic acids is 1. The van der Waals surface area contributed by atoms with Crippen LogP contribution in [0.1, 0.15) is 41.5 Å². The first-order valence-electron chi connectivity index (χ1n) is 6.74. The van der Waals surface area contributed by atoms with Gasteiger partial charge in [-0.05, 0) is 30.5 Å². The van der Waals surface area contributed by atoms with Crippen LogP contribution in [0, 0.1) is 12.8 Å². The molecule has 0 aliphatic rings. The number of hydrogen-bond acceptors (Lipinski definition) is 5. The van der Waals surface area contributed by atoms with E-state index in [0.29, 0.717) is 29.8 Å². The summed E-state index contributed by atoms with van der Waals surface area (Å²) in [5.74, 6) is 0.667. The molecule has 0 radical (unpaired) electrons. The summed E-state index contributed by atoms with van der Waals surface area (Å²) in [7, 11) is 0. The van der Waals surface area contributed by atoms with Gasteiger partial charge in [0, 0.05) is 6.42 Å². The Kier molecular flexibility index (Phi) is 4.57. The molecule has 0 spiro atoms. The predicted octanol–water partition coefficient (Wildman–Crippen LogP) is 2.85. The average molecular weight is 290 g/mol. The smallest absolute Gasteiger partial charge is 0.339 e. The second-order valence-corrected chi connectivity index (χ2v) is 5.30. The third kappa shape index (κ3) is 4.05. The average Bonchev–Trinajstić information content (AvgIpc) is 2.82. The maximum Gasteiger partial charge on any atom is 0.339 e. The zero-order chi connectivity index (χ0) is 15.4. The van der Waals surface area contributed by atoms with E-state index in [1.165, 1.54) is 6.07 Å². The van der Waals surface area contributed by atoms with Gasteiger partial charge in [0.25, 0.3) is 0 Å². The molecule has 2 aromatic rings. The van der Waals surface area contributed by atoms with Crippen LogP contribution in [-0.4, -0.2) is 21.2 Å². The second-order valence-electron chi connectivity index (χ2n) is 5.30. The highest BCUT2D eigenvalue weighted by Crippen LogP contribution is 2.21. The highest BCUT2D eigenvalue weighted by Gasteiger charge is 2.13. The number of aryl methyl sites for hydroxylation is 1. The minimum atomic E-state index is -1.03. The van der Waals surface area contributed by atoms with E-state index in [-0.39, 0.29) is 12.2 Å². The van der Waals surface area contributed by atoms with E-state index in [0.717, 1.165) is 5.56 Å². The summed E-state index contributed by atoms with van der Waals surface area (Å²) in [6, 6.07) is 4.93. The molecular formula is C15H18N2O4. The minimum absolute atomic E-state index is 0.0747. The number of hydrogen-bond donors (Lipinski definition) is 1. The van der Waals surface area contributed by atoms with Crippen molar-refractivity contribution in [3.05, 3.63) is 41.0 Å². The van der Waals surface area contributed by atoms with Crippen LogP contribution < -0.4 is 4.74 Å². The number of carbonyl (C=O) groups is 1. The maximum atomic E-state index is 11.1. The van der Waals surface area contributed by atoms with E-state index in [4.69, 9.17) is 14.4 Å². The van der Waals surface area contributed by atoms with E-state index in [2.05, 4.69) is 24.0 Å². The lowest BCUT2D eigenvalue weighted by molar-refractivity contribution is 0.0691. The molecule has 0 amide bonds. The lowest BCUT2D eigenvalue weighted by Crippen LogP contribution is -2.05. The highest BCUT2D eigenvalue weighted by atomic mass is 16.5. The molecular weight excluding hydrogens is 272 g/mol. The molecule has 0 bridgehead atoms. The van der Waals surface area contributed by atoms with Gasteiger partial charge in [0.1, 0.15) is 11.3 Å². The van der Waals surface area contributed by atoms with E-state index >= 15 is 0 Å². The maximum absolute atomic E-state index is 11.1. The number of ether oxygens (including phenoxy) is 1. The molecule has 2 rings (SSSR count). The van der Waals surface area contributed by atoms with E-state index < -0.39 is 5.97 Å². The van der Waals surface area contributed by atoms with E-state index in [1.54, 1.807) is 12.1 Å². The molecule has 1 aromatic carbocycles. The molecule has 0 atom stereocenters. The zero-order valence-electron chi connectivity index (χ0n) is 12.3. The Bertz CT molecular complexity index is 634. The first-order chi connectivity index (χ1) is 9.95. The highest BCUT2D eigenvalue weighted by molar-refractivity contribution is 5.90. The van der Waals surface area contributed by atoms with Gasteiger partial charge < -0.3 is 14.4 Å². The standard InChI is InChI=1S/C15H18N2O4/c1-9(2)6-14-16-13(17-21-14)8-20-12-7-10(3)4-5-11(12)15(18)19/h4-5,7,9H,6,8H2,1-3H3,(H,18,19). The molecule has 112 valence electrons. The zero-order valence-corrected chi connectivity index (χ0v) is 12.3. The summed E-state index contributed by atoms with van der Waals surface area (Å²) in [6.07, 6.45) is 0.706. The van der Waals surface area contributed by atoms with Crippen LogP contribution >= 0.6 is 0 Å². The largest absolute Gasteiger partial charge is 0.485 e. The van der Waals surface area contributed by atoms with Gasteiger partial charge in [-0.15, -0.1) is 0 Å². The van der Waals surface area contributed by atoms with Gasteiger partial charge in [-0.1, -0.05) is 25.1 Å². The minimum Gasteiger partial charge on any atom is -0.485 e. The molecule has 21 heavy (non-hydrogen) atoms. The fourth-order valence-electron chi connectivity index (χ4n) is 1.85. The van der Waals surface area contributed by atoms with Gasteiger partial charge in [-0.25, -0.2) is 4.79 Å². The first-order valence-corrected chi connectivity index (χ1v) is 6.74. The topological polar surface area (TPSA) is 85.5 Å². The fourth-order valence-corrected chi connectivity index (χ4v) is 1.85. The number of aromatic carboxylic acids is 1. The predicted molar refractivity (Wildman–Crippen MR) is 75.3 cm³/mol. The molecule has 0 fully saturated rings. The summed E-state index contributed by atoms with van der Waals surface area (Å²) >= 11 is 0. The van der Waals surface area contributed by atoms with Crippen LogP contribution in [0.5, 0.6) is 5.75 Å². The summed E-state index contributed by atoms with van der Waals surface area (Å²) < 4.78 is 10.6. The van der Waals surface area contributed by atoms with Crippen LogP contribution in [0.2, 0.25) is 0 Å². The van der Waals surface area contributed by atoms with Crippen LogP contribution in [0.15, 0.2) is 22.7 Å². The summed E-state index contributed by atoms with van der Waals surface area (Å²) in [6.45, 7) is 6.07. The normalized spacial score (nSPS) is 10.9. The van der Waals surface area contributed by atoms with Gasteiger partial charge in [0.05, 0.1) is 0 Å². The van der Waals surface area contributed by atoms with E-state index in [1.807, 2.05) is 6.92 Å². The second kappa shape index (κ2) is 6.39. The third-order valence-electron chi connectivity index (χ3n) is 2.82. The van der Waals surface area contributed by atoms with Crippen molar-refractivity contribution in [2.24, 2.45) is 5.92 Å². The number of carboxylic acid groups (broad SMARTS) is 1. The Morgan fingerprint density at radius 1 is 1.43 bits per heavy atom. The van der Waals surface area contributed by atoms with Crippen molar-refractivity contribution in [1.29, 1.82) is 0 Å². The molecule has 6 heteroatoms. The molecule has 0 aliphatic heterocycles. The van der Waals surface area contributed by atoms with Gasteiger partial charge in [-0.3, -0.25) is 0 Å². The Morgan fingerprint density at radius 3 is 2.86 bits per heavy atom. The van der Waals surface area contributed by atoms with Crippen molar-refractivity contribution in [3.8, 4) is 5.75 Å². The van der Waals surface area contributed by atoms with Crippen LogP contribution in [0.25, 0.3) is 0 Å². The SMILES string of the molecule is Cc1ccc(C(=O)O)c(OCc2noc(CC(C)C)n2)c1. The third-order valence-corrected chi connectivity index (χ3v) is 2.82. The Hall–Kier alpha value is -2.37. The van der Waals surface area contributed by atoms with Crippen LogP contribution in [0.4, 0.5) is 0 Å². The molecule has 1 heterocycles. The number of aromatic nitrogens is 2. The lowest BCUT2D eigenvalue weighted by atomic mass is 10.1.